The van der Waals surface area contributed by atoms with Gasteiger partial charge < -0.3 is 16.0 Å². The molecule has 132 valence electrons. The average molecular weight is 342 g/mol. The van der Waals surface area contributed by atoms with Crippen molar-refractivity contribution in [1.82, 2.24) is 16.0 Å². The molecule has 0 aliphatic carbocycles. The second-order valence-corrected chi connectivity index (χ2v) is 5.39. The molecule has 1 amide bonds. The quantitative estimate of drug-likeness (QED) is 0.409. The number of amides is 1. The van der Waals surface area contributed by atoms with Crippen LogP contribution in [0.3, 0.4) is 0 Å². The molecule has 0 bridgehead atoms. The lowest BCUT2D eigenvalue weighted by Gasteiger charge is -2.12. The SMILES string of the molecule is CN=C(NCCNC(=O)c1ccccc1)NCCc1ccccc1F. The van der Waals surface area contributed by atoms with E-state index >= 15 is 0 Å². The van der Waals surface area contributed by atoms with Crippen LogP contribution < -0.4 is 16.0 Å². The average Bonchev–Trinajstić information content (AvgIpc) is 2.65. The van der Waals surface area contributed by atoms with Crippen LogP contribution in [0.4, 0.5) is 4.39 Å². The predicted molar refractivity (Wildman–Crippen MR) is 98.2 cm³/mol. The van der Waals surface area contributed by atoms with Gasteiger partial charge in [0.2, 0.25) is 0 Å². The van der Waals surface area contributed by atoms with Crippen molar-refractivity contribution < 1.29 is 9.18 Å². The van der Waals surface area contributed by atoms with Gasteiger partial charge >= 0.3 is 0 Å². The standard InChI is InChI=1S/C19H23FN4O/c1-21-19(23-12-11-15-7-5-6-10-17(15)20)24-14-13-22-18(25)16-8-3-2-4-9-16/h2-10H,11-14H2,1H3,(H,22,25)(H2,21,23,24). The molecule has 0 radical (unpaired) electrons. The van der Waals surface area contributed by atoms with Crippen molar-refractivity contribution in [1.29, 1.82) is 0 Å². The van der Waals surface area contributed by atoms with Gasteiger partial charge in [0.25, 0.3) is 5.91 Å². The van der Waals surface area contributed by atoms with Gasteiger partial charge in [-0.05, 0) is 30.2 Å². The van der Waals surface area contributed by atoms with Crippen molar-refractivity contribution >= 4 is 11.9 Å². The summed E-state index contributed by atoms with van der Waals surface area (Å²) in [5, 5.41) is 9.07. The lowest BCUT2D eigenvalue weighted by atomic mass is 10.1. The van der Waals surface area contributed by atoms with Crippen LogP contribution in [0, 0.1) is 5.82 Å². The van der Waals surface area contributed by atoms with Gasteiger partial charge in [-0.1, -0.05) is 36.4 Å². The third-order valence-corrected chi connectivity index (χ3v) is 3.61. The summed E-state index contributed by atoms with van der Waals surface area (Å²) in [6.45, 7) is 1.58. The number of carbonyl (C=O) groups excluding carboxylic acids is 1. The van der Waals surface area contributed by atoms with Gasteiger partial charge in [0, 0.05) is 32.2 Å². The Bertz CT molecular complexity index is 704. The first kappa shape index (κ1) is 18.4. The Morgan fingerprint density at radius 3 is 2.28 bits per heavy atom. The van der Waals surface area contributed by atoms with Crippen LogP contribution in [0.2, 0.25) is 0 Å². The maximum absolute atomic E-state index is 13.5. The molecule has 0 saturated carbocycles. The molecular weight excluding hydrogens is 319 g/mol. The molecule has 0 spiro atoms. The lowest BCUT2D eigenvalue weighted by Crippen LogP contribution is -2.42. The van der Waals surface area contributed by atoms with Crippen LogP contribution in [0.15, 0.2) is 59.6 Å². The van der Waals surface area contributed by atoms with E-state index < -0.39 is 0 Å². The molecule has 5 nitrogen and oxygen atoms in total. The van der Waals surface area contributed by atoms with Gasteiger partial charge in [-0.15, -0.1) is 0 Å². The number of benzene rings is 2. The Balaban J connectivity index is 1.65. The third kappa shape index (κ3) is 6.25. The molecule has 2 aromatic rings. The van der Waals surface area contributed by atoms with E-state index in [0.29, 0.717) is 43.1 Å². The zero-order valence-electron chi connectivity index (χ0n) is 14.3. The fourth-order valence-electron chi connectivity index (χ4n) is 2.29. The summed E-state index contributed by atoms with van der Waals surface area (Å²) in [6.07, 6.45) is 0.568. The number of hydrogen-bond donors (Lipinski definition) is 3. The molecule has 0 aliphatic heterocycles. The molecule has 0 heterocycles. The second-order valence-electron chi connectivity index (χ2n) is 5.39. The Labute approximate surface area is 147 Å². The Morgan fingerprint density at radius 2 is 1.56 bits per heavy atom. The zero-order valence-corrected chi connectivity index (χ0v) is 14.3. The Hall–Kier alpha value is -2.89. The highest BCUT2D eigenvalue weighted by Gasteiger charge is 2.04. The predicted octanol–water partition coefficient (Wildman–Crippen LogP) is 1.96. The zero-order chi connectivity index (χ0) is 17.9. The maximum atomic E-state index is 13.5. The van der Waals surface area contributed by atoms with Crippen molar-refractivity contribution in [3.05, 3.63) is 71.5 Å². The van der Waals surface area contributed by atoms with Crippen molar-refractivity contribution in [3.63, 3.8) is 0 Å². The van der Waals surface area contributed by atoms with E-state index in [1.54, 1.807) is 31.3 Å². The molecule has 3 N–H and O–H groups in total. The number of guanidine groups is 1. The number of nitrogens with zero attached hydrogens (tertiary/aromatic N) is 1. The first-order valence-corrected chi connectivity index (χ1v) is 8.22. The minimum Gasteiger partial charge on any atom is -0.356 e. The molecule has 0 atom stereocenters. The number of aliphatic imine (C=N–C) groups is 1. The molecule has 0 aromatic heterocycles. The molecule has 0 fully saturated rings. The minimum absolute atomic E-state index is 0.107. The summed E-state index contributed by atoms with van der Waals surface area (Å²) in [7, 11) is 1.67. The fraction of sp³-hybridized carbons (Fsp3) is 0.263. The second kappa shape index (κ2) is 10.1. The lowest BCUT2D eigenvalue weighted by molar-refractivity contribution is 0.0954. The number of rotatable bonds is 7. The molecule has 2 rings (SSSR count). The highest BCUT2D eigenvalue weighted by Crippen LogP contribution is 2.06. The van der Waals surface area contributed by atoms with Crippen LogP contribution in [0.1, 0.15) is 15.9 Å². The van der Waals surface area contributed by atoms with Crippen molar-refractivity contribution in [3.8, 4) is 0 Å². The summed E-state index contributed by atoms with van der Waals surface area (Å²) in [5.41, 5.74) is 1.30. The first-order valence-electron chi connectivity index (χ1n) is 8.22. The molecule has 6 heteroatoms. The monoisotopic (exact) mass is 342 g/mol. The topological polar surface area (TPSA) is 65.5 Å². The summed E-state index contributed by atoms with van der Waals surface area (Å²) in [4.78, 5) is 16.0. The molecule has 0 unspecified atom stereocenters. The molecule has 0 saturated heterocycles. The van der Waals surface area contributed by atoms with Crippen LogP contribution in [-0.2, 0) is 6.42 Å². The smallest absolute Gasteiger partial charge is 0.251 e. The fourth-order valence-corrected chi connectivity index (χ4v) is 2.29. The number of hydrogen-bond acceptors (Lipinski definition) is 2. The number of nitrogens with one attached hydrogen (secondary N) is 3. The van der Waals surface area contributed by atoms with E-state index in [1.807, 2.05) is 24.3 Å². The normalized spacial score (nSPS) is 11.0. The maximum Gasteiger partial charge on any atom is 0.251 e. The Morgan fingerprint density at radius 1 is 0.920 bits per heavy atom. The van der Waals surface area contributed by atoms with E-state index in [1.165, 1.54) is 6.07 Å². The third-order valence-electron chi connectivity index (χ3n) is 3.61. The molecule has 2 aromatic carbocycles. The number of carbonyl (C=O) groups is 1. The first-order chi connectivity index (χ1) is 12.2. The van der Waals surface area contributed by atoms with Crippen LogP contribution in [0.25, 0.3) is 0 Å². The van der Waals surface area contributed by atoms with Crippen molar-refractivity contribution in [2.24, 2.45) is 4.99 Å². The Kier molecular flexibility index (Phi) is 7.43. The van der Waals surface area contributed by atoms with Gasteiger partial charge in [-0.2, -0.15) is 0 Å². The van der Waals surface area contributed by atoms with Crippen LogP contribution >= 0.6 is 0 Å². The molecular formula is C19H23FN4O. The summed E-state index contributed by atoms with van der Waals surface area (Å²) >= 11 is 0. The van der Waals surface area contributed by atoms with Crippen LogP contribution in [-0.4, -0.2) is 38.5 Å². The van der Waals surface area contributed by atoms with Crippen molar-refractivity contribution in [2.45, 2.75) is 6.42 Å². The summed E-state index contributed by atoms with van der Waals surface area (Å²) in [5.74, 6) is 0.311. The minimum atomic E-state index is -0.198. The van der Waals surface area contributed by atoms with Gasteiger partial charge in [-0.3, -0.25) is 9.79 Å². The van der Waals surface area contributed by atoms with Gasteiger partial charge in [0.05, 0.1) is 0 Å². The van der Waals surface area contributed by atoms with Gasteiger partial charge in [0.1, 0.15) is 5.82 Å². The van der Waals surface area contributed by atoms with E-state index in [2.05, 4.69) is 20.9 Å². The van der Waals surface area contributed by atoms with Gasteiger partial charge in [-0.25, -0.2) is 4.39 Å². The summed E-state index contributed by atoms with van der Waals surface area (Å²) < 4.78 is 13.5. The largest absolute Gasteiger partial charge is 0.356 e. The van der Waals surface area contributed by atoms with Crippen molar-refractivity contribution in [2.75, 3.05) is 26.7 Å². The van der Waals surface area contributed by atoms with E-state index in [0.717, 1.165) is 0 Å². The molecule has 0 aliphatic rings. The van der Waals surface area contributed by atoms with E-state index in [9.17, 15) is 9.18 Å². The summed E-state index contributed by atoms with van der Waals surface area (Å²) in [6, 6.07) is 15.8. The van der Waals surface area contributed by atoms with E-state index in [-0.39, 0.29) is 11.7 Å². The number of halogens is 1. The molecule has 25 heavy (non-hydrogen) atoms. The highest BCUT2D eigenvalue weighted by atomic mass is 19.1. The van der Waals surface area contributed by atoms with Gasteiger partial charge in [0.15, 0.2) is 5.96 Å². The van der Waals surface area contributed by atoms with Crippen LogP contribution in [0.5, 0.6) is 0 Å². The van der Waals surface area contributed by atoms with E-state index in [4.69, 9.17) is 0 Å². The highest BCUT2D eigenvalue weighted by molar-refractivity contribution is 5.94.